The van der Waals surface area contributed by atoms with Crippen molar-refractivity contribution in [3.63, 3.8) is 0 Å². The zero-order valence-electron chi connectivity index (χ0n) is 12.9. The average Bonchev–Trinajstić information content (AvgIpc) is 2.97. The van der Waals surface area contributed by atoms with E-state index in [0.29, 0.717) is 6.04 Å². The summed E-state index contributed by atoms with van der Waals surface area (Å²) < 4.78 is 0. The van der Waals surface area contributed by atoms with E-state index < -0.39 is 0 Å². The maximum Gasteiger partial charge on any atom is 0.107 e. The molecule has 0 bridgehead atoms. The number of thiazole rings is 1. The van der Waals surface area contributed by atoms with E-state index in [9.17, 15) is 0 Å². The van der Waals surface area contributed by atoms with Crippen molar-refractivity contribution in [3.05, 3.63) is 33.8 Å². The highest BCUT2D eigenvalue weighted by Gasteiger charge is 2.22. The Morgan fingerprint density at radius 3 is 2.70 bits per heavy atom. The van der Waals surface area contributed by atoms with E-state index in [0.717, 1.165) is 24.5 Å². The molecule has 2 aromatic rings. The van der Waals surface area contributed by atoms with E-state index >= 15 is 0 Å². The molecule has 0 saturated carbocycles. The Morgan fingerprint density at radius 1 is 1.40 bits per heavy atom. The van der Waals surface area contributed by atoms with Gasteiger partial charge in [-0.15, -0.1) is 11.3 Å². The lowest BCUT2D eigenvalue weighted by Crippen LogP contribution is -2.21. The first kappa shape index (κ1) is 15.2. The zero-order valence-corrected chi connectivity index (χ0v) is 13.8. The summed E-state index contributed by atoms with van der Waals surface area (Å²) in [6.45, 7) is 11.9. The van der Waals surface area contributed by atoms with Crippen molar-refractivity contribution in [3.8, 4) is 0 Å². The van der Waals surface area contributed by atoms with Gasteiger partial charge in [0.2, 0.25) is 0 Å². The van der Waals surface area contributed by atoms with E-state index in [1.165, 1.54) is 9.88 Å². The van der Waals surface area contributed by atoms with Gasteiger partial charge in [-0.25, -0.2) is 9.97 Å². The fraction of sp³-hybridized carbons (Fsp3) is 0.600. The van der Waals surface area contributed by atoms with E-state index in [1.807, 2.05) is 17.5 Å². The standard InChI is InChI=1S/C15H24N4S/c1-10(16-7-6-12-17-8-9-18-12)13-11(2)19-14(20-13)15(3,4)5/h8-10,16H,6-7H2,1-5H3,(H,17,18). The first-order valence-corrected chi connectivity index (χ1v) is 7.89. The van der Waals surface area contributed by atoms with Crippen molar-refractivity contribution in [2.75, 3.05) is 6.54 Å². The summed E-state index contributed by atoms with van der Waals surface area (Å²) in [6, 6.07) is 0.332. The molecular weight excluding hydrogens is 268 g/mol. The number of imidazole rings is 1. The Bertz CT molecular complexity index is 537. The molecule has 110 valence electrons. The second-order valence-electron chi connectivity index (χ2n) is 6.18. The van der Waals surface area contributed by atoms with Crippen molar-refractivity contribution >= 4 is 11.3 Å². The molecule has 1 atom stereocenters. The van der Waals surface area contributed by atoms with E-state index in [1.54, 1.807) is 6.20 Å². The van der Waals surface area contributed by atoms with Gasteiger partial charge in [0.25, 0.3) is 0 Å². The van der Waals surface area contributed by atoms with Gasteiger partial charge in [0.15, 0.2) is 0 Å². The van der Waals surface area contributed by atoms with Crippen LogP contribution in [-0.2, 0) is 11.8 Å². The monoisotopic (exact) mass is 292 g/mol. The lowest BCUT2D eigenvalue weighted by Gasteiger charge is -2.14. The smallest absolute Gasteiger partial charge is 0.107 e. The molecule has 4 nitrogen and oxygen atoms in total. The number of nitrogens with zero attached hydrogens (tertiary/aromatic N) is 2. The van der Waals surface area contributed by atoms with Crippen LogP contribution in [0.1, 0.15) is 55.1 Å². The van der Waals surface area contributed by atoms with E-state index in [-0.39, 0.29) is 5.41 Å². The molecule has 20 heavy (non-hydrogen) atoms. The van der Waals surface area contributed by atoms with Crippen LogP contribution >= 0.6 is 11.3 Å². The molecule has 0 saturated heterocycles. The molecule has 2 N–H and O–H groups in total. The predicted molar refractivity (Wildman–Crippen MR) is 84.3 cm³/mol. The fourth-order valence-electron chi connectivity index (χ4n) is 2.07. The molecule has 1 unspecified atom stereocenters. The molecule has 0 radical (unpaired) electrons. The molecule has 0 fully saturated rings. The minimum Gasteiger partial charge on any atom is -0.349 e. The van der Waals surface area contributed by atoms with E-state index in [4.69, 9.17) is 4.98 Å². The number of aromatic amines is 1. The molecule has 0 aliphatic carbocycles. The number of hydrogen-bond acceptors (Lipinski definition) is 4. The highest BCUT2D eigenvalue weighted by atomic mass is 32.1. The number of aromatic nitrogens is 3. The Kier molecular flexibility index (Phi) is 4.60. The Hall–Kier alpha value is -1.20. The Balaban J connectivity index is 1.95. The number of H-pyrrole nitrogens is 1. The molecule has 0 aromatic carbocycles. The van der Waals surface area contributed by atoms with Crippen LogP contribution in [0.5, 0.6) is 0 Å². The van der Waals surface area contributed by atoms with Gasteiger partial charge >= 0.3 is 0 Å². The number of rotatable bonds is 5. The maximum atomic E-state index is 4.72. The van der Waals surface area contributed by atoms with Gasteiger partial charge in [0, 0.05) is 41.7 Å². The van der Waals surface area contributed by atoms with Gasteiger partial charge in [-0.2, -0.15) is 0 Å². The minimum atomic E-state index is 0.127. The zero-order chi connectivity index (χ0) is 14.8. The van der Waals surface area contributed by atoms with Gasteiger partial charge in [-0.3, -0.25) is 0 Å². The third-order valence-corrected chi connectivity index (χ3v) is 5.00. The summed E-state index contributed by atoms with van der Waals surface area (Å²) >= 11 is 1.83. The van der Waals surface area contributed by atoms with Crippen molar-refractivity contribution < 1.29 is 0 Å². The molecule has 2 heterocycles. The Labute approximate surface area is 125 Å². The van der Waals surface area contributed by atoms with E-state index in [2.05, 4.69) is 49.9 Å². The van der Waals surface area contributed by atoms with Crippen LogP contribution in [0.2, 0.25) is 0 Å². The third-order valence-electron chi connectivity index (χ3n) is 3.23. The number of aryl methyl sites for hydroxylation is 1. The summed E-state index contributed by atoms with van der Waals surface area (Å²) in [7, 11) is 0. The topological polar surface area (TPSA) is 53.6 Å². The highest BCUT2D eigenvalue weighted by Crippen LogP contribution is 2.32. The molecular formula is C15H24N4S. The first-order valence-electron chi connectivity index (χ1n) is 7.07. The summed E-state index contributed by atoms with van der Waals surface area (Å²) in [5, 5.41) is 4.77. The molecule has 0 aliphatic rings. The van der Waals surface area contributed by atoms with Gasteiger partial charge in [0.05, 0.1) is 10.7 Å². The van der Waals surface area contributed by atoms with Crippen LogP contribution in [0.4, 0.5) is 0 Å². The summed E-state index contributed by atoms with van der Waals surface area (Å²) in [6.07, 6.45) is 4.57. The first-order chi connectivity index (χ1) is 9.38. The fourth-order valence-corrected chi connectivity index (χ4v) is 3.22. The van der Waals surface area contributed by atoms with Gasteiger partial charge in [-0.05, 0) is 13.8 Å². The van der Waals surface area contributed by atoms with Crippen LogP contribution in [0.3, 0.4) is 0 Å². The second-order valence-corrected chi connectivity index (χ2v) is 7.21. The molecule has 0 aliphatic heterocycles. The van der Waals surface area contributed by atoms with Crippen LogP contribution in [0.25, 0.3) is 0 Å². The normalized spacial score (nSPS) is 13.7. The lowest BCUT2D eigenvalue weighted by atomic mass is 9.98. The summed E-state index contributed by atoms with van der Waals surface area (Å²) in [4.78, 5) is 13.4. The predicted octanol–water partition coefficient (Wildman–Crippen LogP) is 3.37. The summed E-state index contributed by atoms with van der Waals surface area (Å²) in [5.41, 5.74) is 1.28. The summed E-state index contributed by atoms with van der Waals surface area (Å²) in [5.74, 6) is 1.03. The van der Waals surface area contributed by atoms with Crippen LogP contribution < -0.4 is 5.32 Å². The Morgan fingerprint density at radius 2 is 2.15 bits per heavy atom. The molecule has 0 amide bonds. The van der Waals surface area contributed by atoms with Crippen molar-refractivity contribution in [1.82, 2.24) is 20.3 Å². The number of hydrogen-bond donors (Lipinski definition) is 2. The highest BCUT2D eigenvalue weighted by molar-refractivity contribution is 7.12. The van der Waals surface area contributed by atoms with Crippen LogP contribution in [0, 0.1) is 6.92 Å². The number of nitrogens with one attached hydrogen (secondary N) is 2. The molecule has 5 heteroatoms. The van der Waals surface area contributed by atoms with Crippen LogP contribution in [-0.4, -0.2) is 21.5 Å². The molecule has 2 rings (SSSR count). The van der Waals surface area contributed by atoms with Gasteiger partial charge in [-0.1, -0.05) is 20.8 Å². The molecule has 0 spiro atoms. The SMILES string of the molecule is Cc1nc(C(C)(C)C)sc1C(C)NCCc1ncc[nH]1. The van der Waals surface area contributed by atoms with Gasteiger partial charge < -0.3 is 10.3 Å². The van der Waals surface area contributed by atoms with Crippen LogP contribution in [0.15, 0.2) is 12.4 Å². The second kappa shape index (κ2) is 6.06. The molecule has 2 aromatic heterocycles. The lowest BCUT2D eigenvalue weighted by molar-refractivity contribution is 0.574. The van der Waals surface area contributed by atoms with Crippen molar-refractivity contribution in [2.24, 2.45) is 0 Å². The van der Waals surface area contributed by atoms with Crippen molar-refractivity contribution in [2.45, 2.75) is 52.5 Å². The van der Waals surface area contributed by atoms with Crippen molar-refractivity contribution in [1.29, 1.82) is 0 Å². The quantitative estimate of drug-likeness (QED) is 0.888. The largest absolute Gasteiger partial charge is 0.349 e. The van der Waals surface area contributed by atoms with Gasteiger partial charge in [0.1, 0.15) is 5.82 Å². The minimum absolute atomic E-state index is 0.127. The average molecular weight is 292 g/mol. The third kappa shape index (κ3) is 3.67. The maximum absolute atomic E-state index is 4.72.